The molecule has 6 heteroatoms. The Kier molecular flexibility index (Phi) is 4.09. The lowest BCUT2D eigenvalue weighted by molar-refractivity contribution is 0.815. The summed E-state index contributed by atoms with van der Waals surface area (Å²) in [7, 11) is 0. The second-order valence-corrected chi connectivity index (χ2v) is 6.62. The lowest BCUT2D eigenvalue weighted by atomic mass is 9.97. The highest BCUT2D eigenvalue weighted by atomic mass is 35.5. The van der Waals surface area contributed by atoms with Gasteiger partial charge in [0.05, 0.1) is 0 Å². The number of aromatic nitrogens is 3. The van der Waals surface area contributed by atoms with Gasteiger partial charge in [-0.1, -0.05) is 42.8 Å². The van der Waals surface area contributed by atoms with Gasteiger partial charge in [-0.2, -0.15) is 4.98 Å². The molecule has 0 fully saturated rings. The van der Waals surface area contributed by atoms with Crippen molar-refractivity contribution in [3.05, 3.63) is 52.8 Å². The number of aryl methyl sites for hydroxylation is 1. The van der Waals surface area contributed by atoms with E-state index < -0.39 is 0 Å². The first-order valence-corrected chi connectivity index (χ1v) is 8.87. The van der Waals surface area contributed by atoms with Gasteiger partial charge >= 0.3 is 0 Å². The molecule has 3 aromatic rings. The maximum absolute atomic E-state index is 6.00. The molecule has 0 spiro atoms. The normalized spacial score (nSPS) is 14.8. The summed E-state index contributed by atoms with van der Waals surface area (Å²) in [5, 5.41) is 1.68. The number of fused-ring (bicyclic) bond motifs is 1. The summed E-state index contributed by atoms with van der Waals surface area (Å²) in [6, 6.07) is 8.27. The van der Waals surface area contributed by atoms with Gasteiger partial charge in [0.1, 0.15) is 11.0 Å². The molecule has 3 N–H and O–H groups in total. The minimum absolute atomic E-state index is 0.209. The lowest BCUT2D eigenvalue weighted by Gasteiger charge is -2.27. The largest absolute Gasteiger partial charge is 0.368 e. The van der Waals surface area contributed by atoms with Gasteiger partial charge in [0.25, 0.3) is 0 Å². The van der Waals surface area contributed by atoms with Gasteiger partial charge in [0, 0.05) is 41.8 Å². The Hall–Kier alpha value is -2.53. The lowest BCUT2D eigenvalue weighted by Crippen LogP contribution is -2.29. The summed E-state index contributed by atoms with van der Waals surface area (Å²) in [4.78, 5) is 13.8. The van der Waals surface area contributed by atoms with E-state index in [1.165, 1.54) is 27.6 Å². The minimum atomic E-state index is 0.209. The molecule has 0 saturated carbocycles. The number of nitrogens with one attached hydrogen (secondary N) is 1. The van der Waals surface area contributed by atoms with Gasteiger partial charge in [-0.3, -0.25) is 0 Å². The Morgan fingerprint density at radius 3 is 2.92 bits per heavy atom. The Bertz CT molecular complexity index is 939. The van der Waals surface area contributed by atoms with Crippen molar-refractivity contribution in [3.63, 3.8) is 0 Å². The van der Waals surface area contributed by atoms with Crippen LogP contribution >= 0.6 is 11.6 Å². The van der Waals surface area contributed by atoms with Gasteiger partial charge in [0.2, 0.25) is 5.95 Å². The number of rotatable bonds is 3. The van der Waals surface area contributed by atoms with Gasteiger partial charge in [0.15, 0.2) is 0 Å². The summed E-state index contributed by atoms with van der Waals surface area (Å²) in [5.74, 6) is 0.987. The van der Waals surface area contributed by atoms with Gasteiger partial charge in [-0.05, 0) is 24.0 Å². The molecule has 1 aliphatic heterocycles. The zero-order valence-electron chi connectivity index (χ0n) is 14.1. The number of nitrogens with two attached hydrogens (primary N) is 1. The topological polar surface area (TPSA) is 70.8 Å². The molecule has 1 aromatic carbocycles. The highest BCUT2D eigenvalue weighted by molar-refractivity contribution is 6.29. The maximum Gasteiger partial charge on any atom is 0.223 e. The number of hydrogen-bond donors (Lipinski definition) is 2. The van der Waals surface area contributed by atoms with Crippen molar-refractivity contribution in [1.82, 2.24) is 15.0 Å². The van der Waals surface area contributed by atoms with Crippen LogP contribution in [0.15, 0.2) is 36.5 Å². The summed E-state index contributed by atoms with van der Waals surface area (Å²) >= 11 is 6.00. The van der Waals surface area contributed by atoms with Crippen LogP contribution in [0.3, 0.4) is 0 Å². The Morgan fingerprint density at radius 1 is 1.32 bits per heavy atom. The second kappa shape index (κ2) is 6.41. The molecule has 1 aliphatic rings. The van der Waals surface area contributed by atoms with Crippen LogP contribution in [0.5, 0.6) is 0 Å². The van der Waals surface area contributed by atoms with Crippen LogP contribution in [0.25, 0.3) is 16.5 Å². The third kappa shape index (κ3) is 2.96. The molecule has 0 radical (unpaired) electrons. The highest BCUT2D eigenvalue weighted by Gasteiger charge is 2.18. The molecular formula is C19H20ClN5. The van der Waals surface area contributed by atoms with Crippen molar-refractivity contribution < 1.29 is 0 Å². The Labute approximate surface area is 151 Å². The maximum atomic E-state index is 6.00. The van der Waals surface area contributed by atoms with E-state index in [4.69, 9.17) is 17.3 Å². The number of H-pyrrole nitrogens is 1. The molecule has 0 amide bonds. The first-order valence-electron chi connectivity index (χ1n) is 8.49. The van der Waals surface area contributed by atoms with Crippen LogP contribution in [0, 0.1) is 0 Å². The van der Waals surface area contributed by atoms with E-state index in [9.17, 15) is 0 Å². The first-order chi connectivity index (χ1) is 12.2. The quantitative estimate of drug-likeness (QED) is 0.697. The number of benzene rings is 1. The minimum Gasteiger partial charge on any atom is -0.368 e. The van der Waals surface area contributed by atoms with Crippen molar-refractivity contribution in [2.75, 3.05) is 23.7 Å². The van der Waals surface area contributed by atoms with E-state index in [-0.39, 0.29) is 5.95 Å². The van der Waals surface area contributed by atoms with Crippen molar-refractivity contribution in [2.45, 2.75) is 19.8 Å². The average molecular weight is 354 g/mol. The summed E-state index contributed by atoms with van der Waals surface area (Å²) < 4.78 is 0. The van der Waals surface area contributed by atoms with Crippen LogP contribution in [0.4, 0.5) is 11.8 Å². The molecule has 2 aromatic heterocycles. The predicted octanol–water partition coefficient (Wildman–Crippen LogP) is 4.05. The second-order valence-electron chi connectivity index (χ2n) is 6.23. The van der Waals surface area contributed by atoms with Crippen molar-refractivity contribution in [2.24, 2.45) is 0 Å². The summed E-state index contributed by atoms with van der Waals surface area (Å²) in [6.07, 6.45) is 6.37. The molecule has 3 heterocycles. The number of hydrogen-bond acceptors (Lipinski definition) is 4. The van der Waals surface area contributed by atoms with Gasteiger partial charge in [-0.15, -0.1) is 0 Å². The highest BCUT2D eigenvalue weighted by Crippen LogP contribution is 2.32. The molecule has 0 atom stereocenters. The Morgan fingerprint density at radius 2 is 2.20 bits per heavy atom. The van der Waals surface area contributed by atoms with Crippen LogP contribution in [0.2, 0.25) is 5.15 Å². The number of nitrogens with zero attached hydrogens (tertiary/aromatic N) is 3. The average Bonchev–Trinajstić information content (AvgIpc) is 3.05. The summed E-state index contributed by atoms with van der Waals surface area (Å²) in [6.45, 7) is 3.84. The van der Waals surface area contributed by atoms with Crippen LogP contribution in [-0.2, 0) is 6.42 Å². The van der Waals surface area contributed by atoms with Crippen LogP contribution in [-0.4, -0.2) is 28.0 Å². The van der Waals surface area contributed by atoms with Crippen LogP contribution in [0.1, 0.15) is 24.5 Å². The van der Waals surface area contributed by atoms with E-state index in [1.54, 1.807) is 6.07 Å². The molecule has 4 rings (SSSR count). The van der Waals surface area contributed by atoms with Crippen LogP contribution < -0.4 is 10.6 Å². The number of aromatic amines is 1. The Balaban J connectivity index is 1.63. The number of nitrogen functional groups attached to an aromatic ring is 1. The van der Waals surface area contributed by atoms with E-state index >= 15 is 0 Å². The SMILES string of the molecule is CCc1cccc2c(C3=CCN(c4cc(Cl)nc(N)n4)CC3)c[nH]c12. The molecule has 0 unspecified atom stereocenters. The van der Waals surface area contributed by atoms with Crippen molar-refractivity contribution in [1.29, 1.82) is 0 Å². The zero-order chi connectivity index (χ0) is 17.4. The fourth-order valence-corrected chi connectivity index (χ4v) is 3.67. The summed E-state index contributed by atoms with van der Waals surface area (Å²) in [5.41, 5.74) is 11.0. The smallest absolute Gasteiger partial charge is 0.223 e. The van der Waals surface area contributed by atoms with E-state index in [2.05, 4.69) is 57.2 Å². The van der Waals surface area contributed by atoms with Gasteiger partial charge < -0.3 is 15.6 Å². The first kappa shape index (κ1) is 16.0. The molecule has 0 bridgehead atoms. The fourth-order valence-electron chi connectivity index (χ4n) is 3.48. The van der Waals surface area contributed by atoms with Gasteiger partial charge in [-0.25, -0.2) is 4.98 Å². The molecule has 0 aliphatic carbocycles. The number of anilines is 2. The standard InChI is InChI=1S/C19H20ClN5/c1-2-12-4-3-5-14-15(11-22-18(12)14)13-6-8-25(9-7-13)17-10-16(20)23-19(21)24-17/h3-6,10-11,22H,2,7-9H2,1H3,(H2,21,23,24). The molecule has 128 valence electrons. The van der Waals surface area contributed by atoms with E-state index in [0.29, 0.717) is 5.15 Å². The molecule has 0 saturated heterocycles. The number of halogens is 1. The fraction of sp³-hybridized carbons (Fsp3) is 0.263. The molecule has 5 nitrogen and oxygen atoms in total. The zero-order valence-corrected chi connectivity index (χ0v) is 14.8. The predicted molar refractivity (Wildman–Crippen MR) is 104 cm³/mol. The third-order valence-corrected chi connectivity index (χ3v) is 4.95. The van der Waals surface area contributed by atoms with Crippen molar-refractivity contribution in [3.8, 4) is 0 Å². The van der Waals surface area contributed by atoms with Crippen molar-refractivity contribution >= 4 is 39.8 Å². The van der Waals surface area contributed by atoms with E-state index in [1.807, 2.05) is 0 Å². The van der Waals surface area contributed by atoms with E-state index in [0.717, 1.165) is 31.7 Å². The third-order valence-electron chi connectivity index (χ3n) is 4.76. The molecule has 25 heavy (non-hydrogen) atoms. The number of para-hydroxylation sites is 1. The molecular weight excluding hydrogens is 334 g/mol. The monoisotopic (exact) mass is 353 g/mol.